The van der Waals surface area contributed by atoms with Crippen LogP contribution in [0.1, 0.15) is 26.3 Å². The molecular formula is C21H30N5O7P. The quantitative estimate of drug-likeness (QED) is 0.246. The first-order chi connectivity index (χ1) is 16.0. The summed E-state index contributed by atoms with van der Waals surface area (Å²) in [7, 11) is -4.54. The fraction of sp³-hybridized carbons (Fsp3) is 0.429. The van der Waals surface area contributed by atoms with Crippen LogP contribution in [0, 0.1) is 5.92 Å². The van der Waals surface area contributed by atoms with Crippen molar-refractivity contribution in [1.29, 1.82) is 0 Å². The first-order valence-corrected chi connectivity index (χ1v) is 12.1. The summed E-state index contributed by atoms with van der Waals surface area (Å²) in [6, 6.07) is 6.24. The number of aliphatic carboxylic acids is 1. The summed E-state index contributed by atoms with van der Waals surface area (Å²) in [6.07, 6.45) is 4.38. The van der Waals surface area contributed by atoms with Crippen molar-refractivity contribution in [2.24, 2.45) is 10.9 Å². The van der Waals surface area contributed by atoms with Crippen molar-refractivity contribution < 1.29 is 33.5 Å². The highest BCUT2D eigenvalue weighted by Crippen LogP contribution is 2.38. The molecule has 186 valence electrons. The number of rotatable bonds is 12. The molecule has 0 aliphatic carbocycles. The first-order valence-electron chi connectivity index (χ1n) is 10.6. The molecule has 0 saturated heterocycles. The van der Waals surface area contributed by atoms with E-state index in [1.54, 1.807) is 44.2 Å². The second-order valence-electron chi connectivity index (χ2n) is 7.86. The SMILES string of the molecule is CC(=O)NCOP(=O)(O)N[C@H](C(=O)N([C@@H](Cc1ccccc1)C(=O)O)N1C=CN=CC1)C(C)C. The summed E-state index contributed by atoms with van der Waals surface area (Å²) in [6.45, 7) is 4.08. The Balaban J connectivity index is 2.36. The molecule has 2 amide bonds. The molecule has 0 radical (unpaired) electrons. The van der Waals surface area contributed by atoms with Crippen LogP contribution in [0.15, 0.2) is 47.7 Å². The van der Waals surface area contributed by atoms with Gasteiger partial charge >= 0.3 is 13.7 Å². The largest absolute Gasteiger partial charge is 0.480 e. The van der Waals surface area contributed by atoms with Gasteiger partial charge in [-0.3, -0.25) is 24.1 Å². The van der Waals surface area contributed by atoms with E-state index in [0.29, 0.717) is 5.56 Å². The van der Waals surface area contributed by atoms with Crippen molar-refractivity contribution >= 4 is 31.7 Å². The van der Waals surface area contributed by atoms with Crippen LogP contribution in [0.2, 0.25) is 0 Å². The number of carboxylic acid groups (broad SMARTS) is 1. The number of hydrazine groups is 1. The molecule has 0 bridgehead atoms. The molecule has 1 aliphatic rings. The number of nitrogens with one attached hydrogen (secondary N) is 2. The van der Waals surface area contributed by atoms with E-state index in [-0.39, 0.29) is 13.0 Å². The maximum absolute atomic E-state index is 13.7. The molecule has 3 atom stereocenters. The van der Waals surface area contributed by atoms with Gasteiger partial charge in [0.1, 0.15) is 12.8 Å². The minimum atomic E-state index is -4.54. The highest BCUT2D eigenvalue weighted by atomic mass is 31.2. The van der Waals surface area contributed by atoms with Gasteiger partial charge in [-0.25, -0.2) is 19.5 Å². The van der Waals surface area contributed by atoms with E-state index in [0.717, 1.165) is 5.01 Å². The molecule has 1 aliphatic heterocycles. The van der Waals surface area contributed by atoms with Gasteiger partial charge in [-0.05, 0) is 11.5 Å². The fourth-order valence-electron chi connectivity index (χ4n) is 3.17. The molecule has 1 aromatic carbocycles. The van der Waals surface area contributed by atoms with E-state index < -0.39 is 50.3 Å². The molecule has 1 aromatic rings. The second-order valence-corrected chi connectivity index (χ2v) is 9.41. The van der Waals surface area contributed by atoms with Crippen LogP contribution in [0.3, 0.4) is 0 Å². The van der Waals surface area contributed by atoms with Crippen LogP contribution in [0.25, 0.3) is 0 Å². The zero-order valence-electron chi connectivity index (χ0n) is 19.2. The minimum Gasteiger partial charge on any atom is -0.480 e. The van der Waals surface area contributed by atoms with Crippen molar-refractivity contribution in [2.45, 2.75) is 39.3 Å². The Morgan fingerprint density at radius 1 is 1.26 bits per heavy atom. The van der Waals surface area contributed by atoms with Gasteiger partial charge in [-0.1, -0.05) is 44.2 Å². The smallest absolute Gasteiger partial charge is 0.405 e. The van der Waals surface area contributed by atoms with E-state index in [1.165, 1.54) is 30.5 Å². The van der Waals surface area contributed by atoms with Crippen molar-refractivity contribution in [3.63, 3.8) is 0 Å². The van der Waals surface area contributed by atoms with Gasteiger partial charge in [-0.15, -0.1) is 0 Å². The number of benzene rings is 1. The van der Waals surface area contributed by atoms with Gasteiger partial charge in [-0.2, -0.15) is 0 Å². The summed E-state index contributed by atoms with van der Waals surface area (Å²) in [5.74, 6) is -2.97. The van der Waals surface area contributed by atoms with Gasteiger partial charge in [0.25, 0.3) is 5.91 Å². The summed E-state index contributed by atoms with van der Waals surface area (Å²) in [5, 5.41) is 17.0. The van der Waals surface area contributed by atoms with E-state index in [4.69, 9.17) is 4.52 Å². The Hall–Kier alpha value is -3.05. The van der Waals surface area contributed by atoms with Gasteiger partial charge in [0.2, 0.25) is 5.91 Å². The fourth-order valence-corrected chi connectivity index (χ4v) is 4.24. The second kappa shape index (κ2) is 12.4. The number of amides is 2. The van der Waals surface area contributed by atoms with Crippen LogP contribution in [-0.2, 0) is 29.9 Å². The number of hydrogen-bond acceptors (Lipinski definition) is 7. The maximum Gasteiger partial charge on any atom is 0.405 e. The highest BCUT2D eigenvalue weighted by Gasteiger charge is 2.41. The predicted molar refractivity (Wildman–Crippen MR) is 124 cm³/mol. The molecule has 0 saturated carbocycles. The Labute approximate surface area is 197 Å². The summed E-state index contributed by atoms with van der Waals surface area (Å²) in [5.41, 5.74) is 0.697. The zero-order chi connectivity index (χ0) is 25.3. The van der Waals surface area contributed by atoms with Crippen LogP contribution >= 0.6 is 7.75 Å². The molecule has 13 heteroatoms. The molecular weight excluding hydrogens is 465 g/mol. The van der Waals surface area contributed by atoms with Gasteiger partial charge in [0, 0.05) is 32.0 Å². The monoisotopic (exact) mass is 495 g/mol. The van der Waals surface area contributed by atoms with Crippen molar-refractivity contribution in [3.8, 4) is 0 Å². The number of carboxylic acids is 1. The Bertz CT molecular complexity index is 970. The number of hydrogen-bond donors (Lipinski definition) is 4. The maximum atomic E-state index is 13.7. The molecule has 2 rings (SSSR count). The normalized spacial score (nSPS) is 16.6. The van der Waals surface area contributed by atoms with E-state index in [9.17, 15) is 28.9 Å². The average molecular weight is 495 g/mol. The van der Waals surface area contributed by atoms with Crippen LogP contribution < -0.4 is 10.4 Å². The molecule has 12 nitrogen and oxygen atoms in total. The standard InChI is InChI=1S/C21H30N5O7P/c1-15(2)19(24-34(31,32)33-14-23-16(3)27)20(28)26(25-11-9-22-10-12-25)18(21(29)30)13-17-7-5-4-6-8-17/h4-11,15,18-19H,12-14H2,1-3H3,(H,23,27)(H,29,30)(H2,24,31,32)/t18-,19-/m0/s1. The minimum absolute atomic E-state index is 0.00400. The summed E-state index contributed by atoms with van der Waals surface area (Å²) >= 11 is 0. The molecule has 0 aromatic heterocycles. The van der Waals surface area contributed by atoms with Crippen LogP contribution in [-0.4, -0.2) is 69.4 Å². The topological polar surface area (TPSA) is 161 Å². The number of carbonyl (C=O) groups excluding carboxylic acids is 2. The predicted octanol–water partition coefficient (Wildman–Crippen LogP) is 1.11. The van der Waals surface area contributed by atoms with Crippen molar-refractivity contribution in [1.82, 2.24) is 20.4 Å². The summed E-state index contributed by atoms with van der Waals surface area (Å²) in [4.78, 5) is 51.2. The lowest BCUT2D eigenvalue weighted by molar-refractivity contribution is -0.165. The molecule has 1 unspecified atom stereocenters. The third-order valence-electron chi connectivity index (χ3n) is 4.85. The lowest BCUT2D eigenvalue weighted by atomic mass is 10.0. The van der Waals surface area contributed by atoms with Crippen molar-refractivity contribution in [2.75, 3.05) is 13.3 Å². The average Bonchev–Trinajstić information content (AvgIpc) is 2.77. The zero-order valence-corrected chi connectivity index (χ0v) is 20.1. The highest BCUT2D eigenvalue weighted by molar-refractivity contribution is 7.50. The molecule has 4 N–H and O–H groups in total. The third kappa shape index (κ3) is 8.07. The van der Waals surface area contributed by atoms with E-state index in [2.05, 4.69) is 15.4 Å². The van der Waals surface area contributed by atoms with Gasteiger partial charge in [0.05, 0.1) is 6.54 Å². The number of carbonyl (C=O) groups is 3. The van der Waals surface area contributed by atoms with Crippen LogP contribution in [0.4, 0.5) is 0 Å². The van der Waals surface area contributed by atoms with Gasteiger partial charge < -0.3 is 15.3 Å². The van der Waals surface area contributed by atoms with Crippen molar-refractivity contribution in [3.05, 3.63) is 48.3 Å². The van der Waals surface area contributed by atoms with Gasteiger partial charge in [0.15, 0.2) is 6.04 Å². The molecule has 0 spiro atoms. The lowest BCUT2D eigenvalue weighted by Gasteiger charge is -2.40. The number of nitrogens with zero attached hydrogens (tertiary/aromatic N) is 3. The lowest BCUT2D eigenvalue weighted by Crippen LogP contribution is -2.60. The van der Waals surface area contributed by atoms with E-state index >= 15 is 0 Å². The Morgan fingerprint density at radius 2 is 1.94 bits per heavy atom. The van der Waals surface area contributed by atoms with Crippen LogP contribution in [0.5, 0.6) is 0 Å². The first kappa shape index (κ1) is 27.2. The molecule has 34 heavy (non-hydrogen) atoms. The molecule has 1 heterocycles. The summed E-state index contributed by atoms with van der Waals surface area (Å²) < 4.78 is 17.4. The Kier molecular flexibility index (Phi) is 9.94. The van der Waals surface area contributed by atoms with E-state index in [1.807, 2.05) is 0 Å². The number of aliphatic imine (C=N–C) groups is 1. The Morgan fingerprint density at radius 3 is 2.47 bits per heavy atom. The third-order valence-corrected chi connectivity index (χ3v) is 5.93. The molecule has 0 fully saturated rings.